The molecule has 0 fully saturated rings. The van der Waals surface area contributed by atoms with Gasteiger partial charge in [-0.3, -0.25) is 10.1 Å². The number of ether oxygens (including phenoxy) is 1. The van der Waals surface area contributed by atoms with Gasteiger partial charge in [0.15, 0.2) is 0 Å². The highest BCUT2D eigenvalue weighted by Crippen LogP contribution is 2.31. The first-order valence-corrected chi connectivity index (χ1v) is 4.06. The number of hydrogen-bond acceptors (Lipinski definition) is 4. The van der Waals surface area contributed by atoms with Crippen molar-refractivity contribution in [3.63, 3.8) is 0 Å². The van der Waals surface area contributed by atoms with Crippen LogP contribution in [0.2, 0.25) is 0 Å². The minimum Gasteiger partial charge on any atom is -0.465 e. The smallest absolute Gasteiger partial charge is 0.270 e. The molecule has 0 unspecified atom stereocenters. The summed E-state index contributed by atoms with van der Waals surface area (Å²) in [5.74, 6) is 0.575. The second-order valence-corrected chi connectivity index (χ2v) is 2.95. The molecule has 0 aliphatic carbocycles. The number of nitro benzene ring substituents is 1. The molecule has 0 aromatic heterocycles. The lowest BCUT2D eigenvalue weighted by Crippen LogP contribution is -2.12. The molecule has 5 heteroatoms. The lowest BCUT2D eigenvalue weighted by Gasteiger charge is -2.16. The Balaban J connectivity index is 2.49. The number of non-ortho nitro benzene ring substituents is 1. The average Bonchev–Trinajstić information content (AvgIpc) is 2.18. The normalized spacial score (nSPS) is 18.5. The lowest BCUT2D eigenvalue weighted by molar-refractivity contribution is -0.384. The van der Waals surface area contributed by atoms with Crippen LogP contribution in [-0.4, -0.2) is 4.92 Å². The lowest BCUT2D eigenvalue weighted by atomic mass is 10.0. The Bertz CT molecular complexity index is 415. The van der Waals surface area contributed by atoms with Gasteiger partial charge >= 0.3 is 0 Å². The number of nitrogens with zero attached hydrogens (tertiary/aromatic N) is 1. The van der Waals surface area contributed by atoms with Gasteiger partial charge in [0.05, 0.1) is 17.2 Å². The van der Waals surface area contributed by atoms with Gasteiger partial charge < -0.3 is 10.5 Å². The Morgan fingerprint density at radius 2 is 2.29 bits per heavy atom. The summed E-state index contributed by atoms with van der Waals surface area (Å²) in [4.78, 5) is 10.0. The van der Waals surface area contributed by atoms with Crippen molar-refractivity contribution in [3.8, 4) is 5.75 Å². The van der Waals surface area contributed by atoms with E-state index in [2.05, 4.69) is 0 Å². The van der Waals surface area contributed by atoms with E-state index < -0.39 is 4.92 Å². The maximum atomic E-state index is 10.5. The van der Waals surface area contributed by atoms with Gasteiger partial charge in [-0.25, -0.2) is 0 Å². The molecule has 14 heavy (non-hydrogen) atoms. The van der Waals surface area contributed by atoms with E-state index in [9.17, 15) is 10.1 Å². The van der Waals surface area contributed by atoms with E-state index in [0.29, 0.717) is 11.3 Å². The Kier molecular flexibility index (Phi) is 1.94. The molecule has 1 aromatic rings. The maximum Gasteiger partial charge on any atom is 0.270 e. The maximum absolute atomic E-state index is 10.5. The third-order valence-corrected chi connectivity index (χ3v) is 2.04. The Morgan fingerprint density at radius 3 is 3.00 bits per heavy atom. The van der Waals surface area contributed by atoms with E-state index in [1.165, 1.54) is 18.4 Å². The number of nitrogens with two attached hydrogens (primary N) is 1. The van der Waals surface area contributed by atoms with Crippen molar-refractivity contribution in [3.05, 3.63) is 46.2 Å². The first kappa shape index (κ1) is 8.71. The van der Waals surface area contributed by atoms with Crippen LogP contribution in [0.5, 0.6) is 5.75 Å². The van der Waals surface area contributed by atoms with Crippen molar-refractivity contribution >= 4 is 5.69 Å². The predicted molar refractivity (Wildman–Crippen MR) is 49.8 cm³/mol. The first-order valence-electron chi connectivity index (χ1n) is 4.06. The molecule has 1 heterocycles. The fraction of sp³-hybridized carbons (Fsp3) is 0.111. The quantitative estimate of drug-likeness (QED) is 0.540. The Morgan fingerprint density at radius 1 is 1.50 bits per heavy atom. The van der Waals surface area contributed by atoms with E-state index in [-0.39, 0.29) is 11.7 Å². The highest BCUT2D eigenvalue weighted by Gasteiger charge is 2.17. The highest BCUT2D eigenvalue weighted by atomic mass is 16.6. The Hall–Kier alpha value is -1.88. The average molecular weight is 192 g/mol. The van der Waals surface area contributed by atoms with Crippen molar-refractivity contribution < 1.29 is 9.66 Å². The molecular formula is C9H8N2O3. The molecule has 0 saturated heterocycles. The molecule has 1 aliphatic rings. The zero-order valence-electron chi connectivity index (χ0n) is 7.21. The first-order chi connectivity index (χ1) is 6.68. The largest absolute Gasteiger partial charge is 0.465 e. The van der Waals surface area contributed by atoms with Gasteiger partial charge in [0.25, 0.3) is 5.69 Å². The molecule has 1 atom stereocenters. The Labute approximate surface area is 79.9 Å². The van der Waals surface area contributed by atoms with Crippen LogP contribution in [0.4, 0.5) is 5.69 Å². The summed E-state index contributed by atoms with van der Waals surface area (Å²) in [6.07, 6.45) is 3.13. The van der Waals surface area contributed by atoms with Crippen LogP contribution in [0, 0.1) is 10.1 Å². The van der Waals surface area contributed by atoms with E-state index in [4.69, 9.17) is 10.5 Å². The number of benzene rings is 1. The minimum atomic E-state index is -0.453. The van der Waals surface area contributed by atoms with Crippen LogP contribution in [0.25, 0.3) is 0 Å². The SMILES string of the molecule is N[C@@H]1C=COc2ccc([N+](=O)[O-])cc21. The molecule has 72 valence electrons. The topological polar surface area (TPSA) is 78.4 Å². The fourth-order valence-corrected chi connectivity index (χ4v) is 1.32. The van der Waals surface area contributed by atoms with E-state index >= 15 is 0 Å². The fourth-order valence-electron chi connectivity index (χ4n) is 1.32. The third-order valence-electron chi connectivity index (χ3n) is 2.04. The zero-order valence-corrected chi connectivity index (χ0v) is 7.21. The molecule has 1 aromatic carbocycles. The van der Waals surface area contributed by atoms with Gasteiger partial charge in [0, 0.05) is 17.7 Å². The number of nitro groups is 1. The molecule has 2 rings (SSSR count). The van der Waals surface area contributed by atoms with Gasteiger partial charge in [-0.15, -0.1) is 0 Å². The van der Waals surface area contributed by atoms with Crippen molar-refractivity contribution in [1.82, 2.24) is 0 Å². The molecule has 0 bridgehead atoms. The van der Waals surface area contributed by atoms with Crippen LogP contribution >= 0.6 is 0 Å². The van der Waals surface area contributed by atoms with Crippen molar-refractivity contribution in [2.45, 2.75) is 6.04 Å². The van der Waals surface area contributed by atoms with Crippen LogP contribution in [0.1, 0.15) is 11.6 Å². The summed E-state index contributed by atoms with van der Waals surface area (Å²) in [5, 5.41) is 10.5. The zero-order chi connectivity index (χ0) is 10.1. The molecule has 0 saturated carbocycles. The molecule has 0 radical (unpaired) electrons. The van der Waals surface area contributed by atoms with Crippen LogP contribution in [0.3, 0.4) is 0 Å². The second-order valence-electron chi connectivity index (χ2n) is 2.95. The summed E-state index contributed by atoms with van der Waals surface area (Å²) in [7, 11) is 0. The summed E-state index contributed by atoms with van der Waals surface area (Å²) in [5.41, 5.74) is 6.39. The van der Waals surface area contributed by atoms with Gasteiger partial charge in [-0.1, -0.05) is 0 Å². The molecule has 2 N–H and O–H groups in total. The molecule has 0 spiro atoms. The highest BCUT2D eigenvalue weighted by molar-refractivity contribution is 5.48. The van der Waals surface area contributed by atoms with E-state index in [0.717, 1.165) is 0 Å². The molecule has 1 aliphatic heterocycles. The number of hydrogen-bond donors (Lipinski definition) is 1. The summed E-state index contributed by atoms with van der Waals surface area (Å²) >= 11 is 0. The van der Waals surface area contributed by atoms with E-state index in [1.807, 2.05) is 0 Å². The van der Waals surface area contributed by atoms with Gasteiger partial charge in [-0.2, -0.15) is 0 Å². The molecular weight excluding hydrogens is 184 g/mol. The van der Waals surface area contributed by atoms with Crippen LogP contribution in [-0.2, 0) is 0 Å². The van der Waals surface area contributed by atoms with Crippen molar-refractivity contribution in [1.29, 1.82) is 0 Å². The van der Waals surface area contributed by atoms with Crippen LogP contribution < -0.4 is 10.5 Å². The van der Waals surface area contributed by atoms with Gasteiger partial charge in [0.1, 0.15) is 5.75 Å². The minimum absolute atomic E-state index is 0.0260. The van der Waals surface area contributed by atoms with Gasteiger partial charge in [0.2, 0.25) is 0 Å². The third kappa shape index (κ3) is 1.33. The predicted octanol–water partition coefficient (Wildman–Crippen LogP) is 1.50. The number of rotatable bonds is 1. The molecule has 0 amide bonds. The van der Waals surface area contributed by atoms with Crippen molar-refractivity contribution in [2.75, 3.05) is 0 Å². The van der Waals surface area contributed by atoms with E-state index in [1.54, 1.807) is 12.1 Å². The van der Waals surface area contributed by atoms with Gasteiger partial charge in [-0.05, 0) is 12.1 Å². The second kappa shape index (κ2) is 3.12. The monoisotopic (exact) mass is 192 g/mol. The summed E-state index contributed by atoms with van der Waals surface area (Å²) < 4.78 is 5.15. The standard InChI is InChI=1S/C9H8N2O3/c10-8-3-4-14-9-2-1-6(11(12)13)5-7(8)9/h1-5,8H,10H2/t8-/m1/s1. The summed E-state index contributed by atoms with van der Waals surface area (Å²) in [6.45, 7) is 0. The molecule has 5 nitrogen and oxygen atoms in total. The van der Waals surface area contributed by atoms with Crippen molar-refractivity contribution in [2.24, 2.45) is 5.73 Å². The summed E-state index contributed by atoms with van der Waals surface area (Å²) in [6, 6.07) is 4.05. The number of fused-ring (bicyclic) bond motifs is 1. The van der Waals surface area contributed by atoms with Crippen LogP contribution in [0.15, 0.2) is 30.5 Å².